The van der Waals surface area contributed by atoms with E-state index < -0.39 is 0 Å². The number of hydrogen-bond acceptors (Lipinski definition) is 3. The fraction of sp³-hybridized carbons (Fsp3) is 0.538. The highest BCUT2D eigenvalue weighted by molar-refractivity contribution is 9.09. The monoisotopic (exact) mass is 327 g/mol. The van der Waals surface area contributed by atoms with Crippen LogP contribution in [0.15, 0.2) is 29.2 Å². The highest BCUT2D eigenvalue weighted by Crippen LogP contribution is 2.54. The molecule has 1 aromatic rings. The first-order valence-electron chi connectivity index (χ1n) is 6.21. The lowest BCUT2D eigenvalue weighted by Crippen LogP contribution is -2.24. The van der Waals surface area contributed by atoms with E-state index in [0.29, 0.717) is 10.1 Å². The average Bonchev–Trinajstić information content (AvgIpc) is 2.93. The molecule has 3 rings (SSSR count). The van der Waals surface area contributed by atoms with Gasteiger partial charge in [0.25, 0.3) is 5.69 Å². The van der Waals surface area contributed by atoms with Gasteiger partial charge in [0.2, 0.25) is 0 Å². The highest BCUT2D eigenvalue weighted by atomic mass is 79.9. The van der Waals surface area contributed by atoms with Crippen molar-refractivity contribution in [2.24, 2.45) is 11.8 Å². The molecule has 4 atom stereocenters. The zero-order valence-electron chi connectivity index (χ0n) is 9.79. The number of nitro groups is 1. The predicted molar refractivity (Wildman–Crippen MR) is 76.3 cm³/mol. The van der Waals surface area contributed by atoms with Crippen LogP contribution in [0.2, 0.25) is 0 Å². The minimum Gasteiger partial charge on any atom is -0.258 e. The van der Waals surface area contributed by atoms with Crippen molar-refractivity contribution in [2.75, 3.05) is 0 Å². The number of thioether (sulfide) groups is 1. The van der Waals surface area contributed by atoms with Crippen molar-refractivity contribution in [3.63, 3.8) is 0 Å². The zero-order chi connectivity index (χ0) is 12.7. The number of fused-ring (bicyclic) bond motifs is 2. The van der Waals surface area contributed by atoms with Crippen LogP contribution in [-0.2, 0) is 0 Å². The van der Waals surface area contributed by atoms with Gasteiger partial charge in [-0.15, -0.1) is 11.8 Å². The van der Waals surface area contributed by atoms with Crippen LogP contribution in [0.3, 0.4) is 0 Å². The molecule has 0 heterocycles. The molecule has 5 heteroatoms. The van der Waals surface area contributed by atoms with E-state index in [-0.39, 0.29) is 10.6 Å². The Kier molecular flexibility index (Phi) is 3.36. The Morgan fingerprint density at radius 3 is 2.67 bits per heavy atom. The molecule has 2 saturated carbocycles. The Labute approximate surface area is 119 Å². The summed E-state index contributed by atoms with van der Waals surface area (Å²) in [5.74, 6) is 1.50. The van der Waals surface area contributed by atoms with Crippen molar-refractivity contribution in [2.45, 2.75) is 34.2 Å². The molecule has 2 aliphatic carbocycles. The van der Waals surface area contributed by atoms with Gasteiger partial charge in [-0.05, 0) is 37.2 Å². The van der Waals surface area contributed by atoms with Gasteiger partial charge >= 0.3 is 0 Å². The maximum absolute atomic E-state index is 11.0. The van der Waals surface area contributed by atoms with E-state index >= 15 is 0 Å². The molecule has 0 spiro atoms. The minimum atomic E-state index is -0.279. The number of alkyl halides is 1. The summed E-state index contributed by atoms with van der Waals surface area (Å²) in [6, 6.07) is 7.08. The third-order valence-electron chi connectivity index (χ3n) is 4.07. The zero-order valence-corrected chi connectivity index (χ0v) is 12.2. The molecule has 0 unspecified atom stereocenters. The molecule has 2 bridgehead atoms. The fourth-order valence-corrected chi connectivity index (χ4v) is 5.93. The summed E-state index contributed by atoms with van der Waals surface area (Å²) < 4.78 is 0. The Morgan fingerprint density at radius 2 is 2.00 bits per heavy atom. The third-order valence-corrected chi connectivity index (χ3v) is 7.28. The van der Waals surface area contributed by atoms with E-state index in [2.05, 4.69) is 15.9 Å². The first-order valence-corrected chi connectivity index (χ1v) is 8.00. The lowest BCUT2D eigenvalue weighted by Gasteiger charge is -2.26. The molecule has 0 saturated heterocycles. The standard InChI is InChI=1S/C13H14BrNO2S/c14-12-8-5-6-9(7-8)13(12)18-11-4-2-1-3-10(11)15(16)17/h1-4,8-9,12-13H,5-7H2/t8-,9+,12-,13+/m0/s1. The molecule has 2 aliphatic rings. The SMILES string of the molecule is O=[N+]([O-])c1ccccc1S[C@@H]1[C@@H]2CC[C@@H](C2)[C@@H]1Br. The molecule has 2 fully saturated rings. The number of halogens is 1. The number of rotatable bonds is 3. The van der Waals surface area contributed by atoms with Crippen LogP contribution in [0.25, 0.3) is 0 Å². The van der Waals surface area contributed by atoms with Crippen molar-refractivity contribution < 1.29 is 4.92 Å². The largest absolute Gasteiger partial charge is 0.282 e. The van der Waals surface area contributed by atoms with Crippen LogP contribution in [0.1, 0.15) is 19.3 Å². The van der Waals surface area contributed by atoms with Gasteiger partial charge in [-0.2, -0.15) is 0 Å². The summed E-state index contributed by atoms with van der Waals surface area (Å²) in [6.07, 6.45) is 3.88. The maximum Gasteiger partial charge on any atom is 0.282 e. The van der Waals surface area contributed by atoms with E-state index in [1.165, 1.54) is 19.3 Å². The molecule has 0 amide bonds. The van der Waals surface area contributed by atoms with Crippen molar-refractivity contribution in [1.29, 1.82) is 0 Å². The van der Waals surface area contributed by atoms with E-state index in [1.54, 1.807) is 23.9 Å². The van der Waals surface area contributed by atoms with Gasteiger partial charge in [-0.1, -0.05) is 28.1 Å². The first-order chi connectivity index (χ1) is 8.66. The number of nitro benzene ring substituents is 1. The van der Waals surface area contributed by atoms with Gasteiger partial charge in [0.05, 0.1) is 9.82 Å². The molecular weight excluding hydrogens is 314 g/mol. The molecule has 18 heavy (non-hydrogen) atoms. The van der Waals surface area contributed by atoms with Crippen molar-refractivity contribution in [1.82, 2.24) is 0 Å². The summed E-state index contributed by atoms with van der Waals surface area (Å²) in [4.78, 5) is 12.1. The molecule has 96 valence electrons. The smallest absolute Gasteiger partial charge is 0.258 e. The Balaban J connectivity index is 1.83. The van der Waals surface area contributed by atoms with Crippen molar-refractivity contribution >= 4 is 33.4 Å². The maximum atomic E-state index is 11.0. The van der Waals surface area contributed by atoms with Crippen molar-refractivity contribution in [3.05, 3.63) is 34.4 Å². The second kappa shape index (κ2) is 4.85. The van der Waals surface area contributed by atoms with E-state index in [4.69, 9.17) is 0 Å². The quantitative estimate of drug-likeness (QED) is 0.473. The molecule has 0 aromatic heterocycles. The summed E-state index contributed by atoms with van der Waals surface area (Å²) >= 11 is 5.48. The molecule has 0 N–H and O–H groups in total. The highest BCUT2D eigenvalue weighted by Gasteiger charge is 2.47. The summed E-state index contributed by atoms with van der Waals surface area (Å²) in [7, 11) is 0. The van der Waals surface area contributed by atoms with E-state index in [1.807, 2.05) is 12.1 Å². The fourth-order valence-electron chi connectivity index (χ4n) is 3.18. The first kappa shape index (κ1) is 12.5. The Bertz CT molecular complexity index is 480. The predicted octanol–water partition coefficient (Wildman–Crippen LogP) is 4.25. The van der Waals surface area contributed by atoms with Gasteiger partial charge in [-0.25, -0.2) is 0 Å². The second-order valence-electron chi connectivity index (χ2n) is 5.08. The number of benzene rings is 1. The summed E-state index contributed by atoms with van der Waals surface area (Å²) in [5, 5.41) is 11.5. The normalized spacial score (nSPS) is 33.8. The van der Waals surface area contributed by atoms with Crippen LogP contribution in [0.4, 0.5) is 5.69 Å². The second-order valence-corrected chi connectivity index (χ2v) is 7.36. The van der Waals surface area contributed by atoms with E-state index in [0.717, 1.165) is 16.7 Å². The molecule has 3 nitrogen and oxygen atoms in total. The van der Waals surface area contributed by atoms with Gasteiger partial charge in [0.1, 0.15) is 0 Å². The van der Waals surface area contributed by atoms with Crippen LogP contribution < -0.4 is 0 Å². The minimum absolute atomic E-state index is 0.241. The Hall–Kier alpha value is -0.550. The van der Waals surface area contributed by atoms with Gasteiger partial charge in [-0.3, -0.25) is 10.1 Å². The number of hydrogen-bond donors (Lipinski definition) is 0. The van der Waals surface area contributed by atoms with Crippen LogP contribution >= 0.6 is 27.7 Å². The summed E-state index contributed by atoms with van der Waals surface area (Å²) in [5.41, 5.74) is 0.241. The number of para-hydroxylation sites is 1. The van der Waals surface area contributed by atoms with Crippen LogP contribution in [-0.4, -0.2) is 15.0 Å². The third kappa shape index (κ3) is 2.07. The topological polar surface area (TPSA) is 43.1 Å². The summed E-state index contributed by atoms with van der Waals surface area (Å²) in [6.45, 7) is 0. The average molecular weight is 328 g/mol. The number of nitrogens with zero attached hydrogens (tertiary/aromatic N) is 1. The lowest BCUT2D eigenvalue weighted by atomic mass is 10.0. The van der Waals surface area contributed by atoms with Gasteiger partial charge in [0, 0.05) is 16.1 Å². The lowest BCUT2D eigenvalue weighted by molar-refractivity contribution is -0.387. The van der Waals surface area contributed by atoms with Gasteiger partial charge < -0.3 is 0 Å². The van der Waals surface area contributed by atoms with Crippen molar-refractivity contribution in [3.8, 4) is 0 Å². The van der Waals surface area contributed by atoms with E-state index in [9.17, 15) is 10.1 Å². The molecule has 0 aliphatic heterocycles. The molecule has 1 aromatic carbocycles. The molecule has 0 radical (unpaired) electrons. The van der Waals surface area contributed by atoms with Crippen LogP contribution in [0.5, 0.6) is 0 Å². The van der Waals surface area contributed by atoms with Crippen LogP contribution in [0, 0.1) is 22.0 Å². The Morgan fingerprint density at radius 1 is 1.28 bits per heavy atom. The molecular formula is C13H14BrNO2S. The van der Waals surface area contributed by atoms with Gasteiger partial charge in [0.15, 0.2) is 0 Å².